The first kappa shape index (κ1) is 12.7. The fourth-order valence-corrected chi connectivity index (χ4v) is 1.86. The van der Waals surface area contributed by atoms with Gasteiger partial charge in [0.25, 0.3) is 0 Å². The zero-order chi connectivity index (χ0) is 13.1. The molecule has 0 aliphatic heterocycles. The Bertz CT molecular complexity index is 527. The normalized spacial score (nSPS) is 12.4. The van der Waals surface area contributed by atoms with Gasteiger partial charge in [-0.2, -0.15) is 5.10 Å². The minimum absolute atomic E-state index is 0.0257. The summed E-state index contributed by atoms with van der Waals surface area (Å²) in [6, 6.07) is 4.62. The molecule has 1 unspecified atom stereocenters. The van der Waals surface area contributed by atoms with Gasteiger partial charge in [0.15, 0.2) is 0 Å². The summed E-state index contributed by atoms with van der Waals surface area (Å²) in [6.45, 7) is 2.63. The Morgan fingerprint density at radius 2 is 2.33 bits per heavy atom. The van der Waals surface area contributed by atoms with Crippen LogP contribution in [-0.4, -0.2) is 15.8 Å². The van der Waals surface area contributed by atoms with E-state index in [9.17, 15) is 4.39 Å². The predicted molar refractivity (Wildman–Crippen MR) is 71.1 cm³/mol. The molecular weight excluding hydrogens is 255 g/mol. The number of nitrogens with two attached hydrogens (primary N) is 1. The van der Waals surface area contributed by atoms with E-state index in [-0.39, 0.29) is 11.1 Å². The van der Waals surface area contributed by atoms with Gasteiger partial charge in [-0.15, -0.1) is 0 Å². The number of anilines is 2. The Balaban J connectivity index is 2.07. The van der Waals surface area contributed by atoms with Crippen LogP contribution in [0.1, 0.15) is 6.92 Å². The minimum Gasteiger partial charge on any atom is -0.397 e. The summed E-state index contributed by atoms with van der Waals surface area (Å²) in [5.41, 5.74) is 6.74. The highest BCUT2D eigenvalue weighted by Gasteiger charge is 2.09. The van der Waals surface area contributed by atoms with E-state index in [0.717, 1.165) is 0 Å². The van der Waals surface area contributed by atoms with Crippen molar-refractivity contribution in [3.8, 4) is 0 Å². The van der Waals surface area contributed by atoms with Crippen molar-refractivity contribution in [2.75, 3.05) is 11.1 Å². The van der Waals surface area contributed by atoms with Crippen molar-refractivity contribution >= 4 is 23.0 Å². The van der Waals surface area contributed by atoms with Crippen molar-refractivity contribution < 1.29 is 4.39 Å². The second-order valence-electron chi connectivity index (χ2n) is 4.13. The largest absolute Gasteiger partial charge is 0.397 e. The lowest BCUT2D eigenvalue weighted by Crippen LogP contribution is -2.22. The van der Waals surface area contributed by atoms with Crippen LogP contribution in [0.2, 0.25) is 5.02 Å². The topological polar surface area (TPSA) is 55.9 Å². The van der Waals surface area contributed by atoms with Crippen LogP contribution in [0.15, 0.2) is 30.6 Å². The Kier molecular flexibility index (Phi) is 3.72. The average Bonchev–Trinajstić information content (AvgIpc) is 2.78. The molecular formula is C12H14ClFN4. The number of nitrogens with one attached hydrogen (secondary N) is 1. The summed E-state index contributed by atoms with van der Waals surface area (Å²) in [5.74, 6) is -0.486. The third-order valence-corrected chi connectivity index (χ3v) is 2.80. The van der Waals surface area contributed by atoms with Gasteiger partial charge in [-0.25, -0.2) is 4.39 Å². The summed E-state index contributed by atoms with van der Waals surface area (Å²) in [5, 5.41) is 7.26. The standard InChI is InChI=1S/C12H14ClFN4/c1-8(7-18-4-2-3-16-18)17-12-6-10(14)9(13)5-11(12)15/h2-6,8,17H,7,15H2,1H3. The molecule has 1 aromatic heterocycles. The van der Waals surface area contributed by atoms with Gasteiger partial charge in [-0.3, -0.25) is 4.68 Å². The summed E-state index contributed by atoms with van der Waals surface area (Å²) in [7, 11) is 0. The van der Waals surface area contributed by atoms with E-state index in [1.54, 1.807) is 10.9 Å². The van der Waals surface area contributed by atoms with E-state index in [0.29, 0.717) is 17.9 Å². The maximum absolute atomic E-state index is 13.3. The van der Waals surface area contributed by atoms with Crippen LogP contribution in [0.5, 0.6) is 0 Å². The van der Waals surface area contributed by atoms with Crippen LogP contribution < -0.4 is 11.1 Å². The first-order valence-corrected chi connectivity index (χ1v) is 5.92. The summed E-state index contributed by atoms with van der Waals surface area (Å²) >= 11 is 5.64. The van der Waals surface area contributed by atoms with Crippen molar-refractivity contribution in [2.24, 2.45) is 0 Å². The van der Waals surface area contributed by atoms with E-state index in [1.165, 1.54) is 12.1 Å². The van der Waals surface area contributed by atoms with Crippen molar-refractivity contribution in [3.05, 3.63) is 41.4 Å². The van der Waals surface area contributed by atoms with Crippen molar-refractivity contribution in [3.63, 3.8) is 0 Å². The maximum atomic E-state index is 13.3. The lowest BCUT2D eigenvalue weighted by molar-refractivity contribution is 0.560. The number of hydrogen-bond donors (Lipinski definition) is 2. The quantitative estimate of drug-likeness (QED) is 0.839. The molecule has 0 fully saturated rings. The average molecular weight is 269 g/mol. The Hall–Kier alpha value is -1.75. The molecule has 0 spiro atoms. The van der Waals surface area contributed by atoms with Crippen LogP contribution >= 0.6 is 11.6 Å². The van der Waals surface area contributed by atoms with Crippen molar-refractivity contribution in [1.82, 2.24) is 9.78 Å². The molecule has 0 saturated heterocycles. The van der Waals surface area contributed by atoms with E-state index < -0.39 is 5.82 Å². The van der Waals surface area contributed by atoms with E-state index in [1.807, 2.05) is 19.2 Å². The molecule has 2 aromatic rings. The van der Waals surface area contributed by atoms with Gasteiger partial charge in [-0.1, -0.05) is 11.6 Å². The molecule has 1 aromatic carbocycles. The summed E-state index contributed by atoms with van der Waals surface area (Å²) in [4.78, 5) is 0. The van der Waals surface area contributed by atoms with Gasteiger partial charge in [0.05, 0.1) is 22.9 Å². The molecule has 1 atom stereocenters. The molecule has 0 radical (unpaired) electrons. The zero-order valence-electron chi connectivity index (χ0n) is 9.90. The minimum atomic E-state index is -0.486. The molecule has 2 rings (SSSR count). The Labute approximate surface area is 110 Å². The number of nitrogens with zero attached hydrogens (tertiary/aromatic N) is 2. The van der Waals surface area contributed by atoms with Crippen LogP contribution in [0.3, 0.4) is 0 Å². The van der Waals surface area contributed by atoms with Gasteiger partial charge in [0.1, 0.15) is 5.82 Å². The predicted octanol–water partition coefficient (Wildman–Crippen LogP) is 2.76. The second kappa shape index (κ2) is 5.27. The molecule has 0 amide bonds. The first-order valence-electron chi connectivity index (χ1n) is 5.54. The third-order valence-electron chi connectivity index (χ3n) is 2.51. The SMILES string of the molecule is CC(Cn1cccn1)Nc1cc(F)c(Cl)cc1N. The van der Waals surface area contributed by atoms with E-state index in [4.69, 9.17) is 17.3 Å². The molecule has 18 heavy (non-hydrogen) atoms. The smallest absolute Gasteiger partial charge is 0.143 e. The molecule has 1 heterocycles. The van der Waals surface area contributed by atoms with Gasteiger partial charge in [0.2, 0.25) is 0 Å². The molecule has 0 aliphatic rings. The van der Waals surface area contributed by atoms with Gasteiger partial charge in [0, 0.05) is 24.5 Å². The monoisotopic (exact) mass is 268 g/mol. The zero-order valence-corrected chi connectivity index (χ0v) is 10.7. The van der Waals surface area contributed by atoms with Crippen molar-refractivity contribution in [1.29, 1.82) is 0 Å². The van der Waals surface area contributed by atoms with Crippen LogP contribution in [0.25, 0.3) is 0 Å². The number of halogens is 2. The first-order chi connectivity index (χ1) is 8.56. The number of rotatable bonds is 4. The highest BCUT2D eigenvalue weighted by atomic mass is 35.5. The van der Waals surface area contributed by atoms with Crippen LogP contribution in [0.4, 0.5) is 15.8 Å². The Morgan fingerprint density at radius 1 is 1.56 bits per heavy atom. The van der Waals surface area contributed by atoms with Crippen LogP contribution in [-0.2, 0) is 6.54 Å². The number of benzene rings is 1. The lowest BCUT2D eigenvalue weighted by Gasteiger charge is -2.17. The van der Waals surface area contributed by atoms with Gasteiger partial charge >= 0.3 is 0 Å². The Morgan fingerprint density at radius 3 is 3.00 bits per heavy atom. The molecule has 96 valence electrons. The van der Waals surface area contributed by atoms with Crippen LogP contribution in [0, 0.1) is 5.82 Å². The number of nitrogen functional groups attached to an aromatic ring is 1. The molecule has 0 saturated carbocycles. The van der Waals surface area contributed by atoms with E-state index >= 15 is 0 Å². The molecule has 4 nitrogen and oxygen atoms in total. The van der Waals surface area contributed by atoms with E-state index in [2.05, 4.69) is 10.4 Å². The summed E-state index contributed by atoms with van der Waals surface area (Å²) in [6.07, 6.45) is 3.58. The molecule has 6 heteroatoms. The van der Waals surface area contributed by atoms with Gasteiger partial charge < -0.3 is 11.1 Å². The molecule has 0 aliphatic carbocycles. The summed E-state index contributed by atoms with van der Waals surface area (Å²) < 4.78 is 15.1. The van der Waals surface area contributed by atoms with Crippen molar-refractivity contribution in [2.45, 2.75) is 19.5 Å². The fraction of sp³-hybridized carbons (Fsp3) is 0.250. The lowest BCUT2D eigenvalue weighted by atomic mass is 10.2. The second-order valence-corrected chi connectivity index (χ2v) is 4.53. The third kappa shape index (κ3) is 2.92. The molecule has 3 N–H and O–H groups in total. The number of aromatic nitrogens is 2. The highest BCUT2D eigenvalue weighted by Crippen LogP contribution is 2.26. The fourth-order valence-electron chi connectivity index (χ4n) is 1.69. The van der Waals surface area contributed by atoms with Gasteiger partial charge in [-0.05, 0) is 19.1 Å². The highest BCUT2D eigenvalue weighted by molar-refractivity contribution is 6.31. The number of hydrogen-bond acceptors (Lipinski definition) is 3. The maximum Gasteiger partial charge on any atom is 0.143 e. The molecule has 0 bridgehead atoms.